The third-order valence-electron chi connectivity index (χ3n) is 3.04. The predicted octanol–water partition coefficient (Wildman–Crippen LogP) is 1.35. The number of aryl methyl sites for hydroxylation is 1. The highest BCUT2D eigenvalue weighted by Gasteiger charge is 2.19. The summed E-state index contributed by atoms with van der Waals surface area (Å²) < 4.78 is 5.17. The second-order valence-electron chi connectivity index (χ2n) is 4.68. The zero-order chi connectivity index (χ0) is 15.3. The molecule has 0 aliphatic rings. The lowest BCUT2D eigenvalue weighted by molar-refractivity contribution is -0.142. The summed E-state index contributed by atoms with van der Waals surface area (Å²) in [4.78, 5) is 24.2. The Morgan fingerprint density at radius 1 is 1.45 bits per heavy atom. The number of ether oxygens (including phenoxy) is 1. The van der Waals surface area contributed by atoms with E-state index in [9.17, 15) is 9.59 Å². The number of methoxy groups -OCH3 is 1. The quantitative estimate of drug-likeness (QED) is 0.822. The molecular formula is C14H20N2O4. The highest BCUT2D eigenvalue weighted by molar-refractivity contribution is 5.94. The van der Waals surface area contributed by atoms with Gasteiger partial charge in [0.25, 0.3) is 0 Å². The van der Waals surface area contributed by atoms with E-state index in [-0.39, 0.29) is 12.5 Å². The number of carbonyl (C=O) groups is 2. The maximum Gasteiger partial charge on any atom is 0.320 e. The molecule has 0 bridgehead atoms. The van der Waals surface area contributed by atoms with Gasteiger partial charge in [0.1, 0.15) is 11.8 Å². The fourth-order valence-electron chi connectivity index (χ4n) is 1.66. The summed E-state index contributed by atoms with van der Waals surface area (Å²) >= 11 is 0. The van der Waals surface area contributed by atoms with Crippen molar-refractivity contribution in [3.8, 4) is 5.75 Å². The minimum absolute atomic E-state index is 0.00936. The number of aliphatic carboxylic acids is 1. The van der Waals surface area contributed by atoms with Crippen molar-refractivity contribution < 1.29 is 19.4 Å². The third kappa shape index (κ3) is 4.24. The van der Waals surface area contributed by atoms with Gasteiger partial charge in [-0.25, -0.2) is 0 Å². The van der Waals surface area contributed by atoms with E-state index in [1.807, 2.05) is 13.0 Å². The summed E-state index contributed by atoms with van der Waals surface area (Å²) in [6.07, 6.45) is 0. The summed E-state index contributed by atoms with van der Waals surface area (Å²) in [6, 6.07) is 4.74. The van der Waals surface area contributed by atoms with Gasteiger partial charge in [0.05, 0.1) is 19.3 Å². The first-order chi connectivity index (χ1) is 9.35. The van der Waals surface area contributed by atoms with Crippen LogP contribution in [0.4, 0.5) is 5.69 Å². The molecule has 0 aliphatic carbocycles. The van der Waals surface area contributed by atoms with Crippen molar-refractivity contribution in [2.75, 3.05) is 26.0 Å². The fraction of sp³-hybridized carbons (Fsp3) is 0.429. The zero-order valence-corrected chi connectivity index (χ0v) is 12.1. The lowest BCUT2D eigenvalue weighted by atomic mass is 10.2. The maximum atomic E-state index is 11.9. The Balaban J connectivity index is 2.71. The minimum atomic E-state index is -0.964. The van der Waals surface area contributed by atoms with Crippen molar-refractivity contribution in [2.24, 2.45) is 0 Å². The molecule has 0 saturated carbocycles. The lowest BCUT2D eigenvalue weighted by Gasteiger charge is -2.20. The van der Waals surface area contributed by atoms with Gasteiger partial charge in [0, 0.05) is 0 Å². The van der Waals surface area contributed by atoms with E-state index in [0.29, 0.717) is 11.4 Å². The largest absolute Gasteiger partial charge is 0.495 e. The van der Waals surface area contributed by atoms with Gasteiger partial charge in [-0.1, -0.05) is 6.07 Å². The lowest BCUT2D eigenvalue weighted by Crippen LogP contribution is -2.40. The van der Waals surface area contributed by atoms with Gasteiger partial charge in [-0.2, -0.15) is 0 Å². The first-order valence-electron chi connectivity index (χ1n) is 6.22. The molecule has 0 saturated heterocycles. The molecule has 0 fully saturated rings. The predicted molar refractivity (Wildman–Crippen MR) is 76.1 cm³/mol. The molecule has 1 atom stereocenters. The smallest absolute Gasteiger partial charge is 0.320 e. The van der Waals surface area contributed by atoms with Gasteiger partial charge >= 0.3 is 5.97 Å². The van der Waals surface area contributed by atoms with E-state index >= 15 is 0 Å². The highest BCUT2D eigenvalue weighted by atomic mass is 16.5. The number of carboxylic acid groups (broad SMARTS) is 1. The highest BCUT2D eigenvalue weighted by Crippen LogP contribution is 2.25. The van der Waals surface area contributed by atoms with Crippen LogP contribution in [0.1, 0.15) is 12.5 Å². The summed E-state index contributed by atoms with van der Waals surface area (Å²) in [7, 11) is 3.12. The summed E-state index contributed by atoms with van der Waals surface area (Å²) in [6.45, 7) is 3.43. The second kappa shape index (κ2) is 6.91. The Bertz CT molecular complexity index is 502. The molecule has 1 amide bonds. The normalized spacial score (nSPS) is 12.1. The standard InChI is InChI=1S/C14H20N2O4/c1-9-5-6-12(20-4)11(7-9)15-13(17)8-16(3)10(2)14(18)19/h5-7,10H,8H2,1-4H3,(H,15,17)(H,18,19). The Morgan fingerprint density at radius 3 is 2.65 bits per heavy atom. The van der Waals surface area contributed by atoms with Gasteiger partial charge in [-0.3, -0.25) is 14.5 Å². The molecule has 0 aliphatic heterocycles. The molecule has 0 radical (unpaired) electrons. The molecule has 0 spiro atoms. The molecule has 6 heteroatoms. The van der Waals surface area contributed by atoms with E-state index in [2.05, 4.69) is 5.32 Å². The van der Waals surface area contributed by atoms with Crippen LogP contribution >= 0.6 is 0 Å². The van der Waals surface area contributed by atoms with Crippen molar-refractivity contribution in [1.29, 1.82) is 0 Å². The van der Waals surface area contributed by atoms with Crippen LogP contribution in [-0.2, 0) is 9.59 Å². The Morgan fingerprint density at radius 2 is 2.10 bits per heavy atom. The number of hydrogen-bond donors (Lipinski definition) is 2. The molecule has 1 unspecified atom stereocenters. The van der Waals surface area contributed by atoms with E-state index < -0.39 is 12.0 Å². The van der Waals surface area contributed by atoms with Crippen LogP contribution in [0.25, 0.3) is 0 Å². The van der Waals surface area contributed by atoms with E-state index in [0.717, 1.165) is 5.56 Å². The molecule has 110 valence electrons. The number of carbonyl (C=O) groups excluding carboxylic acids is 1. The van der Waals surface area contributed by atoms with Gasteiger partial charge in [-0.15, -0.1) is 0 Å². The first-order valence-corrected chi connectivity index (χ1v) is 6.22. The molecular weight excluding hydrogens is 260 g/mol. The maximum absolute atomic E-state index is 11.9. The number of amides is 1. The average Bonchev–Trinajstić information content (AvgIpc) is 2.37. The molecule has 20 heavy (non-hydrogen) atoms. The van der Waals surface area contributed by atoms with Crippen LogP contribution in [0.15, 0.2) is 18.2 Å². The number of rotatable bonds is 6. The topological polar surface area (TPSA) is 78.9 Å². The third-order valence-corrected chi connectivity index (χ3v) is 3.04. The second-order valence-corrected chi connectivity index (χ2v) is 4.68. The average molecular weight is 280 g/mol. The van der Waals surface area contributed by atoms with Crippen molar-refractivity contribution in [2.45, 2.75) is 19.9 Å². The van der Waals surface area contributed by atoms with Crippen molar-refractivity contribution >= 4 is 17.6 Å². The van der Waals surface area contributed by atoms with Crippen LogP contribution < -0.4 is 10.1 Å². The van der Waals surface area contributed by atoms with Crippen LogP contribution in [0.3, 0.4) is 0 Å². The molecule has 1 aromatic carbocycles. The van der Waals surface area contributed by atoms with Crippen molar-refractivity contribution in [3.05, 3.63) is 23.8 Å². The van der Waals surface area contributed by atoms with Crippen LogP contribution in [0, 0.1) is 6.92 Å². The van der Waals surface area contributed by atoms with E-state index in [1.165, 1.54) is 18.9 Å². The number of likely N-dealkylation sites (N-methyl/N-ethyl adjacent to an activating group) is 1. The number of hydrogen-bond acceptors (Lipinski definition) is 4. The van der Waals surface area contributed by atoms with Crippen LogP contribution in [0.5, 0.6) is 5.75 Å². The monoisotopic (exact) mass is 280 g/mol. The van der Waals surface area contributed by atoms with Crippen LogP contribution in [-0.4, -0.2) is 48.6 Å². The van der Waals surface area contributed by atoms with E-state index in [1.54, 1.807) is 19.2 Å². The van der Waals surface area contributed by atoms with Crippen molar-refractivity contribution in [3.63, 3.8) is 0 Å². The van der Waals surface area contributed by atoms with Gasteiger partial charge in [-0.05, 0) is 38.6 Å². The number of nitrogens with zero attached hydrogens (tertiary/aromatic N) is 1. The molecule has 1 rings (SSSR count). The molecule has 6 nitrogen and oxygen atoms in total. The van der Waals surface area contributed by atoms with Gasteiger partial charge in [0.15, 0.2) is 0 Å². The molecule has 0 heterocycles. The SMILES string of the molecule is COc1ccc(C)cc1NC(=O)CN(C)C(C)C(=O)O. The zero-order valence-electron chi connectivity index (χ0n) is 12.1. The minimum Gasteiger partial charge on any atom is -0.495 e. The molecule has 0 aromatic heterocycles. The summed E-state index contributed by atoms with van der Waals surface area (Å²) in [5.41, 5.74) is 1.57. The number of nitrogens with one attached hydrogen (secondary N) is 1. The van der Waals surface area contributed by atoms with Crippen molar-refractivity contribution in [1.82, 2.24) is 4.90 Å². The Kier molecular flexibility index (Phi) is 5.52. The van der Waals surface area contributed by atoms with E-state index in [4.69, 9.17) is 9.84 Å². The van der Waals surface area contributed by atoms with Gasteiger partial charge < -0.3 is 15.2 Å². The number of anilines is 1. The van der Waals surface area contributed by atoms with Crippen LogP contribution in [0.2, 0.25) is 0 Å². The fourth-order valence-corrected chi connectivity index (χ4v) is 1.66. The first kappa shape index (κ1) is 16.0. The molecule has 1 aromatic rings. The summed E-state index contributed by atoms with van der Waals surface area (Å²) in [5, 5.41) is 11.6. The Hall–Kier alpha value is -2.08. The number of carboxylic acids is 1. The molecule has 2 N–H and O–H groups in total. The summed E-state index contributed by atoms with van der Waals surface area (Å²) in [5.74, 6) is -0.684. The van der Waals surface area contributed by atoms with Gasteiger partial charge in [0.2, 0.25) is 5.91 Å². The Labute approximate surface area is 118 Å². The number of benzene rings is 1.